The first kappa shape index (κ1) is 15.3. The van der Waals surface area contributed by atoms with Gasteiger partial charge in [-0.3, -0.25) is 4.79 Å². The van der Waals surface area contributed by atoms with E-state index in [1.165, 1.54) is 16.8 Å². The highest BCUT2D eigenvalue weighted by molar-refractivity contribution is 7.89. The van der Waals surface area contributed by atoms with Gasteiger partial charge in [-0.15, -0.1) is 5.10 Å². The highest BCUT2D eigenvalue weighted by atomic mass is 32.2. The normalized spacial score (nSPS) is 12.4. The van der Waals surface area contributed by atoms with E-state index >= 15 is 0 Å². The van der Waals surface area contributed by atoms with Crippen LogP contribution in [0, 0.1) is 0 Å². The van der Waals surface area contributed by atoms with Crippen molar-refractivity contribution in [3.63, 3.8) is 0 Å². The van der Waals surface area contributed by atoms with Gasteiger partial charge in [0.1, 0.15) is 5.69 Å². The first-order valence-corrected chi connectivity index (χ1v) is 7.74. The molecule has 0 saturated heterocycles. The summed E-state index contributed by atoms with van der Waals surface area (Å²) in [5.41, 5.74) is 1.17. The molecule has 8 heteroatoms. The number of rotatable bonds is 3. The van der Waals surface area contributed by atoms with Crippen LogP contribution in [0.1, 0.15) is 37.0 Å². The van der Waals surface area contributed by atoms with E-state index in [2.05, 4.69) is 10.3 Å². The molecule has 0 aliphatic carbocycles. The lowest BCUT2D eigenvalue weighted by atomic mass is 9.90. The SMILES string of the molecule is CC(C)(C)c1c(C=O)nnn1-c1ccc(S(N)(=O)=O)cc1. The van der Waals surface area contributed by atoms with Gasteiger partial charge < -0.3 is 0 Å². The molecule has 0 aliphatic heterocycles. The molecular formula is C13H16N4O3S. The minimum absolute atomic E-state index is 0.0132. The van der Waals surface area contributed by atoms with Crippen molar-refractivity contribution in [1.29, 1.82) is 0 Å². The summed E-state index contributed by atoms with van der Waals surface area (Å²) in [7, 11) is -3.74. The zero-order chi connectivity index (χ0) is 15.8. The summed E-state index contributed by atoms with van der Waals surface area (Å²) in [4.78, 5) is 11.1. The van der Waals surface area contributed by atoms with Crippen LogP contribution in [0.2, 0.25) is 0 Å². The van der Waals surface area contributed by atoms with E-state index in [0.29, 0.717) is 17.7 Å². The smallest absolute Gasteiger partial charge is 0.238 e. The van der Waals surface area contributed by atoms with Crippen LogP contribution in [0.15, 0.2) is 29.2 Å². The van der Waals surface area contributed by atoms with Gasteiger partial charge in [-0.25, -0.2) is 18.2 Å². The molecule has 21 heavy (non-hydrogen) atoms. The van der Waals surface area contributed by atoms with Gasteiger partial charge in [0.25, 0.3) is 0 Å². The number of carbonyl (C=O) groups excluding carboxylic acids is 1. The highest BCUT2D eigenvalue weighted by Gasteiger charge is 2.26. The van der Waals surface area contributed by atoms with Gasteiger partial charge in [0.2, 0.25) is 10.0 Å². The number of aldehydes is 1. The topological polar surface area (TPSA) is 108 Å². The Morgan fingerprint density at radius 1 is 1.19 bits per heavy atom. The van der Waals surface area contributed by atoms with Crippen molar-refractivity contribution in [1.82, 2.24) is 15.0 Å². The summed E-state index contributed by atoms with van der Waals surface area (Å²) < 4.78 is 24.0. The van der Waals surface area contributed by atoms with Crippen molar-refractivity contribution >= 4 is 16.3 Å². The van der Waals surface area contributed by atoms with E-state index in [1.54, 1.807) is 12.1 Å². The summed E-state index contributed by atoms with van der Waals surface area (Å²) in [5.74, 6) is 0. The third kappa shape index (κ3) is 3.01. The number of carbonyl (C=O) groups is 1. The fourth-order valence-electron chi connectivity index (χ4n) is 2.03. The number of aromatic nitrogens is 3. The van der Waals surface area contributed by atoms with Crippen molar-refractivity contribution in [2.24, 2.45) is 5.14 Å². The largest absolute Gasteiger partial charge is 0.296 e. The molecule has 1 heterocycles. The maximum absolute atomic E-state index is 11.3. The zero-order valence-electron chi connectivity index (χ0n) is 11.9. The first-order chi connectivity index (χ1) is 9.64. The van der Waals surface area contributed by atoms with E-state index in [0.717, 1.165) is 0 Å². The minimum Gasteiger partial charge on any atom is -0.296 e. The predicted molar refractivity (Wildman–Crippen MR) is 76.8 cm³/mol. The first-order valence-electron chi connectivity index (χ1n) is 6.19. The molecule has 0 spiro atoms. The molecule has 0 radical (unpaired) electrons. The fourth-order valence-corrected chi connectivity index (χ4v) is 2.55. The summed E-state index contributed by atoms with van der Waals surface area (Å²) in [6, 6.07) is 5.91. The van der Waals surface area contributed by atoms with E-state index in [1.807, 2.05) is 20.8 Å². The Balaban J connectivity index is 2.58. The second-order valence-electron chi connectivity index (χ2n) is 5.64. The van der Waals surface area contributed by atoms with Crippen LogP contribution >= 0.6 is 0 Å². The Hall–Kier alpha value is -2.06. The van der Waals surface area contributed by atoms with Gasteiger partial charge in [0.15, 0.2) is 6.29 Å². The molecule has 2 N–H and O–H groups in total. The second kappa shape index (κ2) is 5.05. The van der Waals surface area contributed by atoms with Crippen LogP contribution in [0.5, 0.6) is 0 Å². The van der Waals surface area contributed by atoms with E-state index < -0.39 is 10.0 Å². The number of hydrogen-bond acceptors (Lipinski definition) is 5. The van der Waals surface area contributed by atoms with Crippen LogP contribution in [0.4, 0.5) is 0 Å². The third-order valence-electron chi connectivity index (χ3n) is 2.93. The number of hydrogen-bond donors (Lipinski definition) is 1. The maximum Gasteiger partial charge on any atom is 0.238 e. The predicted octanol–water partition coefficient (Wildman–Crippen LogP) is 1.02. The van der Waals surface area contributed by atoms with Crippen molar-refractivity contribution in [3.05, 3.63) is 35.7 Å². The van der Waals surface area contributed by atoms with Gasteiger partial charge in [-0.05, 0) is 24.3 Å². The Labute approximate surface area is 122 Å². The van der Waals surface area contributed by atoms with Crippen LogP contribution in [-0.2, 0) is 15.4 Å². The lowest BCUT2D eigenvalue weighted by Crippen LogP contribution is -2.19. The molecule has 7 nitrogen and oxygen atoms in total. The molecule has 0 atom stereocenters. The Kier molecular flexibility index (Phi) is 3.68. The average molecular weight is 308 g/mol. The lowest BCUT2D eigenvalue weighted by molar-refractivity contribution is 0.111. The van der Waals surface area contributed by atoms with E-state index in [9.17, 15) is 13.2 Å². The van der Waals surface area contributed by atoms with Crippen molar-refractivity contribution in [2.75, 3.05) is 0 Å². The van der Waals surface area contributed by atoms with Crippen molar-refractivity contribution < 1.29 is 13.2 Å². The van der Waals surface area contributed by atoms with Crippen LogP contribution < -0.4 is 5.14 Å². The molecule has 0 aliphatic rings. The molecule has 0 saturated carbocycles. The average Bonchev–Trinajstić information content (AvgIpc) is 2.81. The van der Waals surface area contributed by atoms with Gasteiger partial charge >= 0.3 is 0 Å². The molecule has 0 amide bonds. The van der Waals surface area contributed by atoms with Crippen LogP contribution in [0.3, 0.4) is 0 Å². The zero-order valence-corrected chi connectivity index (χ0v) is 12.8. The maximum atomic E-state index is 11.3. The summed E-state index contributed by atoms with van der Waals surface area (Å²) in [5, 5.41) is 12.9. The number of nitrogens with two attached hydrogens (primary N) is 1. The van der Waals surface area contributed by atoms with Crippen molar-refractivity contribution in [2.45, 2.75) is 31.1 Å². The number of sulfonamides is 1. The van der Waals surface area contributed by atoms with Crippen LogP contribution in [0.25, 0.3) is 5.69 Å². The summed E-state index contributed by atoms with van der Waals surface area (Å²) in [6.07, 6.45) is 0.656. The fraction of sp³-hybridized carbons (Fsp3) is 0.308. The molecule has 2 rings (SSSR count). The monoisotopic (exact) mass is 308 g/mol. The molecule has 0 fully saturated rings. The van der Waals surface area contributed by atoms with E-state index in [-0.39, 0.29) is 16.0 Å². The molecule has 1 aromatic carbocycles. The van der Waals surface area contributed by atoms with Gasteiger partial charge in [-0.2, -0.15) is 0 Å². The third-order valence-corrected chi connectivity index (χ3v) is 3.86. The molecule has 112 valence electrons. The van der Waals surface area contributed by atoms with Gasteiger partial charge in [0, 0.05) is 5.41 Å². The molecule has 0 bridgehead atoms. The van der Waals surface area contributed by atoms with Crippen molar-refractivity contribution in [3.8, 4) is 5.69 Å². The quantitative estimate of drug-likeness (QED) is 0.852. The number of nitrogens with zero attached hydrogens (tertiary/aromatic N) is 3. The Morgan fingerprint density at radius 2 is 1.76 bits per heavy atom. The Morgan fingerprint density at radius 3 is 2.19 bits per heavy atom. The highest BCUT2D eigenvalue weighted by Crippen LogP contribution is 2.26. The summed E-state index contributed by atoms with van der Waals surface area (Å²) in [6.45, 7) is 5.82. The van der Waals surface area contributed by atoms with Gasteiger partial charge in [0.05, 0.1) is 16.3 Å². The number of primary sulfonamides is 1. The van der Waals surface area contributed by atoms with Gasteiger partial charge in [-0.1, -0.05) is 26.0 Å². The number of benzene rings is 1. The van der Waals surface area contributed by atoms with E-state index in [4.69, 9.17) is 5.14 Å². The molecular weight excluding hydrogens is 292 g/mol. The Bertz CT molecular complexity index is 771. The standard InChI is InChI=1S/C13H16N4O3S/c1-13(2,3)12-11(8-18)15-16-17(12)9-4-6-10(7-5-9)21(14,19)20/h4-8H,1-3H3,(H2,14,19,20). The minimum atomic E-state index is -3.74. The molecule has 2 aromatic rings. The lowest BCUT2D eigenvalue weighted by Gasteiger charge is -2.20. The molecule has 0 unspecified atom stereocenters. The second-order valence-corrected chi connectivity index (χ2v) is 7.20. The van der Waals surface area contributed by atoms with Crippen LogP contribution in [-0.4, -0.2) is 29.7 Å². The molecule has 1 aromatic heterocycles. The summed E-state index contributed by atoms with van der Waals surface area (Å²) >= 11 is 0.